The van der Waals surface area contributed by atoms with Crippen LogP contribution in [0.5, 0.6) is 5.75 Å². The maximum absolute atomic E-state index is 5.92. The summed E-state index contributed by atoms with van der Waals surface area (Å²) in [6.45, 7) is 4.69. The highest BCUT2D eigenvalue weighted by Crippen LogP contribution is 2.35. The predicted molar refractivity (Wildman–Crippen MR) is 127 cm³/mol. The topological polar surface area (TPSA) is 79.6 Å². The Balaban J connectivity index is 1.37. The molecule has 32 heavy (non-hydrogen) atoms. The van der Waals surface area contributed by atoms with Gasteiger partial charge < -0.3 is 20.3 Å². The van der Waals surface area contributed by atoms with Gasteiger partial charge >= 0.3 is 0 Å². The van der Waals surface area contributed by atoms with E-state index in [0.29, 0.717) is 18.2 Å². The Kier molecular flexibility index (Phi) is 4.79. The number of fused-ring (bicyclic) bond motifs is 4. The number of nitrogens with one attached hydrogen (secondary N) is 2. The average Bonchev–Trinajstić information content (AvgIpc) is 3.28. The minimum Gasteiger partial charge on any atom is -0.486 e. The van der Waals surface area contributed by atoms with E-state index < -0.39 is 0 Å². The lowest BCUT2D eigenvalue weighted by Gasteiger charge is -2.26. The molecule has 164 valence electrons. The fraction of sp³-hybridized carbons (Fsp3) is 0.375. The predicted octanol–water partition coefficient (Wildman–Crippen LogP) is 3.18. The van der Waals surface area contributed by atoms with E-state index in [1.165, 1.54) is 23.6 Å². The Labute approximate surface area is 186 Å². The lowest BCUT2D eigenvalue weighted by Crippen LogP contribution is -2.31. The van der Waals surface area contributed by atoms with Crippen LogP contribution in [0.3, 0.4) is 0 Å². The van der Waals surface area contributed by atoms with E-state index in [1.807, 2.05) is 13.2 Å². The monoisotopic (exact) mass is 429 g/mol. The van der Waals surface area contributed by atoms with Gasteiger partial charge in [0.1, 0.15) is 12.3 Å². The SMILES string of the molecule is CN1CCOc2c1cnn1c(-c3ccc4cccc(NCC5CCNCC5)c4c3)nnc21. The van der Waals surface area contributed by atoms with Gasteiger partial charge in [-0.3, -0.25) is 0 Å². The lowest BCUT2D eigenvalue weighted by atomic mass is 9.97. The molecule has 0 amide bonds. The summed E-state index contributed by atoms with van der Waals surface area (Å²) in [5.74, 6) is 2.18. The first kappa shape index (κ1) is 19.3. The van der Waals surface area contributed by atoms with Crippen molar-refractivity contribution in [2.45, 2.75) is 12.8 Å². The van der Waals surface area contributed by atoms with Crippen LogP contribution in [-0.2, 0) is 0 Å². The first-order valence-corrected chi connectivity index (χ1v) is 11.3. The molecule has 2 aromatic carbocycles. The van der Waals surface area contributed by atoms with Crippen LogP contribution < -0.4 is 20.3 Å². The Morgan fingerprint density at radius 1 is 1.16 bits per heavy atom. The van der Waals surface area contributed by atoms with Gasteiger partial charge in [0.05, 0.1) is 12.7 Å². The van der Waals surface area contributed by atoms with Crippen LogP contribution in [-0.4, -0.2) is 59.6 Å². The number of hydrogen-bond donors (Lipinski definition) is 2. The van der Waals surface area contributed by atoms with E-state index in [1.54, 1.807) is 4.52 Å². The molecule has 8 heteroatoms. The minimum atomic E-state index is 0.632. The number of likely N-dealkylation sites (N-methyl/N-ethyl adjacent to an activating group) is 1. The Bertz CT molecular complexity index is 1280. The zero-order valence-electron chi connectivity index (χ0n) is 18.2. The molecular formula is C24H27N7O. The Morgan fingerprint density at radius 3 is 2.97 bits per heavy atom. The summed E-state index contributed by atoms with van der Waals surface area (Å²) < 4.78 is 7.70. The molecule has 0 aliphatic carbocycles. The van der Waals surface area contributed by atoms with E-state index in [2.05, 4.69) is 67.2 Å². The van der Waals surface area contributed by atoms with E-state index in [0.717, 1.165) is 54.7 Å². The van der Waals surface area contributed by atoms with Gasteiger partial charge in [0.15, 0.2) is 11.6 Å². The molecule has 2 aliphatic rings. The van der Waals surface area contributed by atoms with Crippen LogP contribution in [0, 0.1) is 5.92 Å². The molecule has 2 aliphatic heterocycles. The number of benzene rings is 2. The fourth-order valence-corrected chi connectivity index (χ4v) is 4.72. The number of ether oxygens (including phenoxy) is 1. The van der Waals surface area contributed by atoms with Crippen molar-refractivity contribution in [1.82, 2.24) is 25.1 Å². The summed E-state index contributed by atoms with van der Waals surface area (Å²) in [6.07, 6.45) is 4.28. The molecule has 4 heterocycles. The highest BCUT2D eigenvalue weighted by Gasteiger charge is 2.22. The molecule has 0 atom stereocenters. The van der Waals surface area contributed by atoms with E-state index >= 15 is 0 Å². The van der Waals surface area contributed by atoms with Crippen molar-refractivity contribution in [3.8, 4) is 17.1 Å². The first-order chi connectivity index (χ1) is 15.8. The standard InChI is InChI=1S/C24H27N7O/c1-30-11-12-32-22-21(30)15-27-31-23(28-29-24(22)31)18-6-5-17-3-2-4-20(19(17)13-18)26-14-16-7-9-25-10-8-16/h2-6,13,15-16,25-26H,7-12,14H2,1H3. The van der Waals surface area contributed by atoms with Gasteiger partial charge in [0.2, 0.25) is 5.65 Å². The van der Waals surface area contributed by atoms with E-state index in [-0.39, 0.29) is 0 Å². The smallest absolute Gasteiger partial charge is 0.222 e. The van der Waals surface area contributed by atoms with Crippen molar-refractivity contribution < 1.29 is 4.74 Å². The van der Waals surface area contributed by atoms with Gasteiger partial charge in [-0.2, -0.15) is 9.61 Å². The van der Waals surface area contributed by atoms with Crippen LogP contribution in [0.15, 0.2) is 42.6 Å². The number of nitrogens with zero attached hydrogens (tertiary/aromatic N) is 5. The van der Waals surface area contributed by atoms with Crippen LogP contribution >= 0.6 is 0 Å². The maximum atomic E-state index is 5.92. The molecule has 2 aromatic heterocycles. The third-order valence-electron chi connectivity index (χ3n) is 6.64. The summed E-state index contributed by atoms with van der Waals surface area (Å²) in [4.78, 5) is 2.14. The Morgan fingerprint density at radius 2 is 2.06 bits per heavy atom. The van der Waals surface area contributed by atoms with Crippen molar-refractivity contribution in [2.24, 2.45) is 5.92 Å². The summed E-state index contributed by atoms with van der Waals surface area (Å²) in [7, 11) is 2.04. The van der Waals surface area contributed by atoms with Gasteiger partial charge in [-0.15, -0.1) is 10.2 Å². The van der Waals surface area contributed by atoms with Crippen molar-refractivity contribution in [3.05, 3.63) is 42.6 Å². The third kappa shape index (κ3) is 3.31. The van der Waals surface area contributed by atoms with Crippen molar-refractivity contribution in [2.75, 3.05) is 50.1 Å². The summed E-state index contributed by atoms with van der Waals surface area (Å²) in [6, 6.07) is 12.8. The number of hydrogen-bond acceptors (Lipinski definition) is 7. The molecule has 0 saturated carbocycles. The summed E-state index contributed by atoms with van der Waals surface area (Å²) in [5, 5.41) is 23.1. The highest BCUT2D eigenvalue weighted by molar-refractivity contribution is 5.96. The second-order valence-electron chi connectivity index (χ2n) is 8.70. The van der Waals surface area contributed by atoms with Crippen LogP contribution in [0.1, 0.15) is 12.8 Å². The molecule has 8 nitrogen and oxygen atoms in total. The number of rotatable bonds is 4. The average molecular weight is 430 g/mol. The molecule has 1 saturated heterocycles. The van der Waals surface area contributed by atoms with Crippen molar-refractivity contribution >= 4 is 27.8 Å². The van der Waals surface area contributed by atoms with Gasteiger partial charge in [-0.1, -0.05) is 24.3 Å². The minimum absolute atomic E-state index is 0.632. The second-order valence-corrected chi connectivity index (χ2v) is 8.70. The van der Waals surface area contributed by atoms with E-state index in [9.17, 15) is 0 Å². The molecular weight excluding hydrogens is 402 g/mol. The first-order valence-electron chi connectivity index (χ1n) is 11.3. The van der Waals surface area contributed by atoms with Gasteiger partial charge in [-0.05, 0) is 49.4 Å². The third-order valence-corrected chi connectivity index (χ3v) is 6.64. The molecule has 6 rings (SSSR count). The zero-order chi connectivity index (χ0) is 21.5. The lowest BCUT2D eigenvalue weighted by molar-refractivity contribution is 0.312. The molecule has 2 N–H and O–H groups in total. The normalized spacial score (nSPS) is 16.8. The van der Waals surface area contributed by atoms with Crippen molar-refractivity contribution in [3.63, 3.8) is 0 Å². The highest BCUT2D eigenvalue weighted by atomic mass is 16.5. The van der Waals surface area contributed by atoms with Crippen LogP contribution in [0.2, 0.25) is 0 Å². The van der Waals surface area contributed by atoms with Gasteiger partial charge in [0, 0.05) is 30.2 Å². The second kappa shape index (κ2) is 7.94. The Hall–Kier alpha value is -3.39. The molecule has 0 radical (unpaired) electrons. The number of aromatic nitrogens is 4. The zero-order valence-corrected chi connectivity index (χ0v) is 18.2. The fourth-order valence-electron chi connectivity index (χ4n) is 4.72. The number of anilines is 2. The number of piperidine rings is 1. The summed E-state index contributed by atoms with van der Waals surface area (Å²) >= 11 is 0. The molecule has 0 bridgehead atoms. The van der Waals surface area contributed by atoms with Gasteiger partial charge in [0.25, 0.3) is 0 Å². The molecule has 0 unspecified atom stereocenters. The largest absolute Gasteiger partial charge is 0.486 e. The van der Waals surface area contributed by atoms with Crippen LogP contribution in [0.25, 0.3) is 27.8 Å². The van der Waals surface area contributed by atoms with Crippen LogP contribution in [0.4, 0.5) is 11.4 Å². The quantitative estimate of drug-likeness (QED) is 0.516. The molecule has 4 aromatic rings. The van der Waals surface area contributed by atoms with Gasteiger partial charge in [-0.25, -0.2) is 0 Å². The summed E-state index contributed by atoms with van der Waals surface area (Å²) in [5.41, 5.74) is 3.75. The van der Waals surface area contributed by atoms with Crippen molar-refractivity contribution in [1.29, 1.82) is 0 Å². The maximum Gasteiger partial charge on any atom is 0.222 e. The molecule has 1 fully saturated rings. The molecule has 0 spiro atoms. The van der Waals surface area contributed by atoms with E-state index in [4.69, 9.17) is 4.74 Å².